The molecule has 4 amide bonds. The van der Waals surface area contributed by atoms with Crippen molar-refractivity contribution in [3.63, 3.8) is 0 Å². The van der Waals surface area contributed by atoms with Gasteiger partial charge in [0.05, 0.1) is 30.5 Å². The van der Waals surface area contributed by atoms with Gasteiger partial charge in [-0.15, -0.1) is 0 Å². The van der Waals surface area contributed by atoms with E-state index in [0.29, 0.717) is 24.2 Å². The number of carbonyl (C=O) groups is 4. The maximum atomic E-state index is 13.6. The van der Waals surface area contributed by atoms with E-state index < -0.39 is 23.5 Å². The van der Waals surface area contributed by atoms with Crippen LogP contribution < -0.4 is 16.0 Å². The Bertz CT molecular complexity index is 1380. The van der Waals surface area contributed by atoms with Gasteiger partial charge < -0.3 is 30.4 Å². The normalized spacial score (nSPS) is 16.1. The Morgan fingerprint density at radius 3 is 2.46 bits per heavy atom. The second-order valence-electron chi connectivity index (χ2n) is 10.8. The van der Waals surface area contributed by atoms with Gasteiger partial charge in [-0.25, -0.2) is 4.79 Å². The molecule has 2 aromatic carbocycles. The number of carboxylic acid groups (broad SMARTS) is 1. The largest absolute Gasteiger partial charge is 0.481 e. The van der Waals surface area contributed by atoms with E-state index in [1.54, 1.807) is 23.1 Å². The van der Waals surface area contributed by atoms with Crippen LogP contribution in [0, 0.1) is 12.8 Å². The van der Waals surface area contributed by atoms with Gasteiger partial charge in [-0.3, -0.25) is 14.4 Å². The average Bonchev–Trinajstić information content (AvgIpc) is 3.46. The van der Waals surface area contributed by atoms with Crippen LogP contribution in [0.1, 0.15) is 62.3 Å². The quantitative estimate of drug-likeness (QED) is 0.261. The number of amides is 4. The molecule has 3 aromatic rings. The number of aliphatic carboxylic acids is 1. The van der Waals surface area contributed by atoms with Crippen LogP contribution in [0.15, 0.2) is 71.5 Å². The highest BCUT2D eigenvalue weighted by Gasteiger charge is 2.39. The fourth-order valence-electron chi connectivity index (χ4n) is 5.19. The number of furan rings is 1. The first-order chi connectivity index (χ1) is 19.5. The second-order valence-corrected chi connectivity index (χ2v) is 10.8. The number of carbonyl (C=O) groups excluding carboxylic acids is 3. The second kappa shape index (κ2) is 12.7. The summed E-state index contributed by atoms with van der Waals surface area (Å²) >= 11 is 0. The highest BCUT2D eigenvalue weighted by molar-refractivity contribution is 6.00. The molecule has 10 nitrogen and oxygen atoms in total. The maximum Gasteiger partial charge on any atom is 0.323 e. The first-order valence-electron chi connectivity index (χ1n) is 13.6. The van der Waals surface area contributed by atoms with E-state index in [0.717, 1.165) is 23.2 Å². The molecular formula is C31H36N4O6. The predicted molar refractivity (Wildman–Crippen MR) is 154 cm³/mol. The molecule has 1 aromatic heterocycles. The van der Waals surface area contributed by atoms with E-state index in [4.69, 9.17) is 4.42 Å². The van der Waals surface area contributed by atoms with Crippen molar-refractivity contribution >= 4 is 35.2 Å². The average molecular weight is 561 g/mol. The van der Waals surface area contributed by atoms with Crippen molar-refractivity contribution in [2.45, 2.75) is 58.0 Å². The first-order valence-corrected chi connectivity index (χ1v) is 13.6. The SMILES string of the molecule is Cc1ccccc1NC(=O)Nc1ccc(C(C)(C)N2CCCC(CC(=O)N[C@@H](CC(=O)O)c3ccoc3)C2=O)cc1. The summed E-state index contributed by atoms with van der Waals surface area (Å²) in [5, 5.41) is 17.7. The number of rotatable bonds is 10. The van der Waals surface area contributed by atoms with Gasteiger partial charge in [0.2, 0.25) is 11.8 Å². The number of piperidine rings is 1. The van der Waals surface area contributed by atoms with Crippen molar-refractivity contribution in [3.05, 3.63) is 83.8 Å². The zero-order valence-electron chi connectivity index (χ0n) is 23.5. The Labute approximate surface area is 239 Å². The van der Waals surface area contributed by atoms with Gasteiger partial charge in [0.25, 0.3) is 0 Å². The number of para-hydroxylation sites is 1. The summed E-state index contributed by atoms with van der Waals surface area (Å²) in [4.78, 5) is 52.0. The van der Waals surface area contributed by atoms with Crippen molar-refractivity contribution in [1.82, 2.24) is 10.2 Å². The minimum absolute atomic E-state index is 0.0295. The zero-order chi connectivity index (χ0) is 29.6. The predicted octanol–water partition coefficient (Wildman–Crippen LogP) is 5.43. The number of nitrogens with one attached hydrogen (secondary N) is 3. The highest BCUT2D eigenvalue weighted by atomic mass is 16.4. The number of hydrogen-bond donors (Lipinski definition) is 4. The minimum Gasteiger partial charge on any atom is -0.481 e. The maximum absolute atomic E-state index is 13.6. The third-order valence-electron chi connectivity index (χ3n) is 7.56. The lowest BCUT2D eigenvalue weighted by Crippen LogP contribution is -2.52. The lowest BCUT2D eigenvalue weighted by atomic mass is 9.85. The van der Waals surface area contributed by atoms with E-state index in [1.165, 1.54) is 12.5 Å². The molecule has 1 aliphatic heterocycles. The molecule has 0 aliphatic carbocycles. The summed E-state index contributed by atoms with van der Waals surface area (Å²) in [5.74, 6) is -2.06. The molecule has 2 heterocycles. The van der Waals surface area contributed by atoms with Gasteiger partial charge in [0.1, 0.15) is 0 Å². The zero-order valence-corrected chi connectivity index (χ0v) is 23.5. The van der Waals surface area contributed by atoms with Crippen molar-refractivity contribution in [2.75, 3.05) is 17.2 Å². The molecule has 0 bridgehead atoms. The van der Waals surface area contributed by atoms with Crippen LogP contribution in [0.4, 0.5) is 16.2 Å². The fraction of sp³-hybridized carbons (Fsp3) is 0.355. The topological polar surface area (TPSA) is 141 Å². The molecule has 10 heteroatoms. The van der Waals surface area contributed by atoms with Crippen LogP contribution in [0.25, 0.3) is 0 Å². The molecule has 0 radical (unpaired) electrons. The lowest BCUT2D eigenvalue weighted by Gasteiger charge is -2.44. The Hall–Kier alpha value is -4.60. The summed E-state index contributed by atoms with van der Waals surface area (Å²) in [6.07, 6.45) is 3.82. The van der Waals surface area contributed by atoms with Gasteiger partial charge in [0, 0.05) is 35.8 Å². The van der Waals surface area contributed by atoms with Crippen molar-refractivity contribution in [3.8, 4) is 0 Å². The Morgan fingerprint density at radius 2 is 1.80 bits per heavy atom. The van der Waals surface area contributed by atoms with Crippen molar-refractivity contribution in [2.24, 2.45) is 5.92 Å². The number of aryl methyl sites for hydroxylation is 1. The van der Waals surface area contributed by atoms with Crippen LogP contribution in [-0.4, -0.2) is 40.4 Å². The first kappa shape index (κ1) is 29.4. The third-order valence-corrected chi connectivity index (χ3v) is 7.56. The van der Waals surface area contributed by atoms with E-state index in [9.17, 15) is 24.3 Å². The summed E-state index contributed by atoms with van der Waals surface area (Å²) in [5.41, 5.74) is 3.10. The molecule has 41 heavy (non-hydrogen) atoms. The molecule has 1 unspecified atom stereocenters. The molecule has 4 rings (SSSR count). The number of benzene rings is 2. The molecule has 0 saturated carbocycles. The van der Waals surface area contributed by atoms with Gasteiger partial charge in [0.15, 0.2) is 0 Å². The van der Waals surface area contributed by atoms with Crippen LogP contribution >= 0.6 is 0 Å². The van der Waals surface area contributed by atoms with Crippen molar-refractivity contribution in [1.29, 1.82) is 0 Å². The molecule has 1 saturated heterocycles. The Kier molecular flexibility index (Phi) is 9.11. The summed E-state index contributed by atoms with van der Waals surface area (Å²) in [6, 6.07) is 15.4. The molecule has 0 spiro atoms. The Balaban J connectivity index is 1.38. The highest BCUT2D eigenvalue weighted by Crippen LogP contribution is 2.34. The number of anilines is 2. The molecule has 1 aliphatic rings. The summed E-state index contributed by atoms with van der Waals surface area (Å²) in [7, 11) is 0. The number of carboxylic acids is 1. The molecule has 1 fully saturated rings. The van der Waals surface area contributed by atoms with Gasteiger partial charge in [-0.05, 0) is 69.0 Å². The Morgan fingerprint density at radius 1 is 1.07 bits per heavy atom. The van der Waals surface area contributed by atoms with Gasteiger partial charge >= 0.3 is 12.0 Å². The van der Waals surface area contributed by atoms with Crippen LogP contribution in [-0.2, 0) is 19.9 Å². The number of likely N-dealkylation sites (tertiary alicyclic amines) is 1. The molecular weight excluding hydrogens is 524 g/mol. The lowest BCUT2D eigenvalue weighted by molar-refractivity contribution is -0.147. The molecule has 216 valence electrons. The summed E-state index contributed by atoms with van der Waals surface area (Å²) < 4.78 is 5.04. The number of hydrogen-bond acceptors (Lipinski definition) is 5. The van der Waals surface area contributed by atoms with Gasteiger partial charge in [-0.2, -0.15) is 0 Å². The van der Waals surface area contributed by atoms with Crippen LogP contribution in [0.5, 0.6) is 0 Å². The standard InChI is InChI=1S/C31H36N4O6/c1-20-7-4-5-9-25(20)34-30(40)32-24-12-10-23(11-13-24)31(2,3)35-15-6-8-21(29(35)39)17-27(36)33-26(18-28(37)38)22-14-16-41-19-22/h4-5,7,9-14,16,19,21,26H,6,8,15,17-18H2,1-3H3,(H,33,36)(H,37,38)(H2,32,34,40)/t21?,26-/m0/s1. The van der Waals surface area contributed by atoms with E-state index in [-0.39, 0.29) is 30.7 Å². The van der Waals surface area contributed by atoms with Crippen LogP contribution in [0.2, 0.25) is 0 Å². The molecule has 4 N–H and O–H groups in total. The number of nitrogens with zero attached hydrogens (tertiary/aromatic N) is 1. The van der Waals surface area contributed by atoms with Crippen molar-refractivity contribution < 1.29 is 28.7 Å². The number of urea groups is 1. The van der Waals surface area contributed by atoms with E-state index in [1.807, 2.05) is 57.2 Å². The minimum atomic E-state index is -1.05. The fourth-order valence-corrected chi connectivity index (χ4v) is 5.19. The van der Waals surface area contributed by atoms with Crippen LogP contribution in [0.3, 0.4) is 0 Å². The third kappa shape index (κ3) is 7.33. The summed E-state index contributed by atoms with van der Waals surface area (Å²) in [6.45, 7) is 6.40. The monoisotopic (exact) mass is 560 g/mol. The van der Waals surface area contributed by atoms with E-state index in [2.05, 4.69) is 16.0 Å². The smallest absolute Gasteiger partial charge is 0.323 e. The van der Waals surface area contributed by atoms with Gasteiger partial charge in [-0.1, -0.05) is 30.3 Å². The van der Waals surface area contributed by atoms with E-state index >= 15 is 0 Å². The molecule has 2 atom stereocenters.